The van der Waals surface area contributed by atoms with Gasteiger partial charge < -0.3 is 15.6 Å². The van der Waals surface area contributed by atoms with Crippen LogP contribution in [-0.2, 0) is 11.2 Å². The average Bonchev–Trinajstić information content (AvgIpc) is 2.36. The molecule has 1 heterocycles. The van der Waals surface area contributed by atoms with Crippen LogP contribution in [0.1, 0.15) is 36.9 Å². The van der Waals surface area contributed by atoms with Crippen molar-refractivity contribution in [1.82, 2.24) is 0 Å². The summed E-state index contributed by atoms with van der Waals surface area (Å²) in [5.41, 5.74) is 8.29. The van der Waals surface area contributed by atoms with Gasteiger partial charge >= 0.3 is 5.97 Å². The van der Waals surface area contributed by atoms with E-state index in [4.69, 9.17) is 15.6 Å². The summed E-state index contributed by atoms with van der Waals surface area (Å²) in [6.07, 6.45) is 2.12. The van der Waals surface area contributed by atoms with E-state index in [1.54, 1.807) is 0 Å². The Morgan fingerprint density at radius 3 is 3.06 bits per heavy atom. The van der Waals surface area contributed by atoms with Crippen LogP contribution in [0.5, 0.6) is 5.75 Å². The predicted octanol–water partition coefficient (Wildman–Crippen LogP) is 2.12. The van der Waals surface area contributed by atoms with Crippen LogP contribution in [-0.4, -0.2) is 17.7 Å². The van der Waals surface area contributed by atoms with Gasteiger partial charge in [0.25, 0.3) is 0 Å². The summed E-state index contributed by atoms with van der Waals surface area (Å²) >= 11 is 0. The van der Waals surface area contributed by atoms with Crippen molar-refractivity contribution in [3.63, 3.8) is 0 Å². The lowest BCUT2D eigenvalue weighted by atomic mass is 9.90. The Labute approximate surface area is 107 Å². The Morgan fingerprint density at radius 2 is 2.33 bits per heavy atom. The number of carbonyl (C=O) groups is 1. The molecule has 1 aromatic carbocycles. The highest BCUT2D eigenvalue weighted by atomic mass is 16.5. The Balaban J connectivity index is 2.15. The lowest BCUT2D eigenvalue weighted by Gasteiger charge is -2.22. The average molecular weight is 249 g/mol. The normalized spacial score (nSPS) is 17.4. The standard InChI is InChI=1S/C14H19NO3/c1-9(7-13(16)17)14(15)11-4-5-12-10(8-11)3-2-6-18-12/h4-5,8-9,14H,2-3,6-7,15H2,1H3,(H,16,17). The Kier molecular flexibility index (Phi) is 3.87. The maximum Gasteiger partial charge on any atom is 0.303 e. The minimum atomic E-state index is -0.806. The fourth-order valence-electron chi connectivity index (χ4n) is 2.32. The van der Waals surface area contributed by atoms with Crippen LogP contribution >= 0.6 is 0 Å². The van der Waals surface area contributed by atoms with Crippen LogP contribution in [0.15, 0.2) is 18.2 Å². The van der Waals surface area contributed by atoms with Crippen molar-refractivity contribution in [3.8, 4) is 5.75 Å². The number of carboxylic acids is 1. The molecule has 2 atom stereocenters. The first kappa shape index (κ1) is 12.9. The fraction of sp³-hybridized carbons (Fsp3) is 0.500. The van der Waals surface area contributed by atoms with Crippen molar-refractivity contribution in [1.29, 1.82) is 0 Å². The van der Waals surface area contributed by atoms with Crippen molar-refractivity contribution in [2.24, 2.45) is 11.7 Å². The molecule has 1 aliphatic rings. The second-order valence-corrected chi connectivity index (χ2v) is 4.92. The van der Waals surface area contributed by atoms with Crippen molar-refractivity contribution < 1.29 is 14.6 Å². The summed E-state index contributed by atoms with van der Waals surface area (Å²) in [6, 6.07) is 5.69. The van der Waals surface area contributed by atoms with Gasteiger partial charge in [-0.1, -0.05) is 19.1 Å². The predicted molar refractivity (Wildman–Crippen MR) is 68.6 cm³/mol. The topological polar surface area (TPSA) is 72.5 Å². The number of aryl methyl sites for hydroxylation is 1. The van der Waals surface area contributed by atoms with Gasteiger partial charge in [0.1, 0.15) is 5.75 Å². The zero-order valence-corrected chi connectivity index (χ0v) is 10.6. The molecule has 0 aliphatic carbocycles. The third kappa shape index (κ3) is 2.82. The second kappa shape index (κ2) is 5.40. The van der Waals surface area contributed by atoms with Crippen LogP contribution < -0.4 is 10.5 Å². The first-order valence-electron chi connectivity index (χ1n) is 6.31. The van der Waals surface area contributed by atoms with Crippen molar-refractivity contribution >= 4 is 5.97 Å². The molecule has 1 aliphatic heterocycles. The van der Waals surface area contributed by atoms with E-state index in [2.05, 4.69) is 6.07 Å². The minimum Gasteiger partial charge on any atom is -0.493 e. The van der Waals surface area contributed by atoms with Gasteiger partial charge in [-0.3, -0.25) is 4.79 Å². The number of hydrogen-bond donors (Lipinski definition) is 2. The molecular formula is C14H19NO3. The molecular weight excluding hydrogens is 230 g/mol. The molecule has 18 heavy (non-hydrogen) atoms. The van der Waals surface area contributed by atoms with Crippen LogP contribution in [0, 0.1) is 5.92 Å². The summed E-state index contributed by atoms with van der Waals surface area (Å²) in [5, 5.41) is 8.80. The van der Waals surface area contributed by atoms with Gasteiger partial charge in [-0.25, -0.2) is 0 Å². The van der Waals surface area contributed by atoms with Crippen molar-refractivity contribution in [3.05, 3.63) is 29.3 Å². The first-order chi connectivity index (χ1) is 8.58. The number of rotatable bonds is 4. The van der Waals surface area contributed by atoms with E-state index in [0.717, 1.165) is 30.8 Å². The molecule has 0 saturated heterocycles. The maximum atomic E-state index is 10.7. The summed E-state index contributed by atoms with van der Waals surface area (Å²) in [4.78, 5) is 10.7. The molecule has 4 heteroatoms. The highest BCUT2D eigenvalue weighted by Crippen LogP contribution is 2.30. The van der Waals surface area contributed by atoms with E-state index in [-0.39, 0.29) is 18.4 Å². The van der Waals surface area contributed by atoms with E-state index >= 15 is 0 Å². The lowest BCUT2D eigenvalue weighted by molar-refractivity contribution is -0.138. The van der Waals surface area contributed by atoms with Gasteiger partial charge in [0.2, 0.25) is 0 Å². The van der Waals surface area contributed by atoms with Crippen molar-refractivity contribution in [2.75, 3.05) is 6.61 Å². The van der Waals surface area contributed by atoms with Crippen LogP contribution in [0.4, 0.5) is 0 Å². The molecule has 0 amide bonds. The molecule has 0 spiro atoms. The molecule has 2 unspecified atom stereocenters. The van der Waals surface area contributed by atoms with E-state index in [1.165, 1.54) is 5.56 Å². The van der Waals surface area contributed by atoms with E-state index in [1.807, 2.05) is 19.1 Å². The first-order valence-corrected chi connectivity index (χ1v) is 6.31. The summed E-state index contributed by atoms with van der Waals surface area (Å²) in [7, 11) is 0. The summed E-state index contributed by atoms with van der Waals surface area (Å²) in [6.45, 7) is 2.64. The van der Waals surface area contributed by atoms with Gasteiger partial charge in [0, 0.05) is 12.5 Å². The maximum absolute atomic E-state index is 10.7. The largest absolute Gasteiger partial charge is 0.493 e. The van der Waals surface area contributed by atoms with Gasteiger partial charge in [0.15, 0.2) is 0 Å². The summed E-state index contributed by atoms with van der Waals surface area (Å²) < 4.78 is 5.55. The molecule has 2 rings (SSSR count). The molecule has 0 radical (unpaired) electrons. The Hall–Kier alpha value is -1.55. The third-order valence-corrected chi connectivity index (χ3v) is 3.43. The highest BCUT2D eigenvalue weighted by molar-refractivity contribution is 5.67. The quantitative estimate of drug-likeness (QED) is 0.857. The molecule has 0 aromatic heterocycles. The number of carboxylic acid groups (broad SMARTS) is 1. The molecule has 0 fully saturated rings. The van der Waals surface area contributed by atoms with E-state index in [9.17, 15) is 4.79 Å². The fourth-order valence-corrected chi connectivity index (χ4v) is 2.32. The molecule has 3 N–H and O–H groups in total. The molecule has 0 saturated carbocycles. The van der Waals surface area contributed by atoms with Gasteiger partial charge in [-0.2, -0.15) is 0 Å². The number of benzene rings is 1. The monoisotopic (exact) mass is 249 g/mol. The van der Waals surface area contributed by atoms with Crippen LogP contribution in [0.25, 0.3) is 0 Å². The smallest absolute Gasteiger partial charge is 0.303 e. The molecule has 4 nitrogen and oxygen atoms in total. The molecule has 98 valence electrons. The second-order valence-electron chi connectivity index (χ2n) is 4.92. The minimum absolute atomic E-state index is 0.0786. The number of nitrogens with two attached hydrogens (primary N) is 1. The van der Waals surface area contributed by atoms with E-state index in [0.29, 0.717) is 0 Å². The zero-order chi connectivity index (χ0) is 13.1. The van der Waals surface area contributed by atoms with Crippen molar-refractivity contribution in [2.45, 2.75) is 32.2 Å². The van der Waals surface area contributed by atoms with Gasteiger partial charge in [-0.05, 0) is 36.0 Å². The van der Waals surface area contributed by atoms with Gasteiger partial charge in [-0.15, -0.1) is 0 Å². The number of aliphatic carboxylic acids is 1. The van der Waals surface area contributed by atoms with Crippen LogP contribution in [0.2, 0.25) is 0 Å². The third-order valence-electron chi connectivity index (χ3n) is 3.43. The highest BCUT2D eigenvalue weighted by Gasteiger charge is 2.19. The summed E-state index contributed by atoms with van der Waals surface area (Å²) in [5.74, 6) is 0.0485. The van der Waals surface area contributed by atoms with Gasteiger partial charge in [0.05, 0.1) is 6.61 Å². The Bertz CT molecular complexity index is 445. The Morgan fingerprint density at radius 1 is 1.56 bits per heavy atom. The van der Waals surface area contributed by atoms with Crippen LogP contribution in [0.3, 0.4) is 0 Å². The number of fused-ring (bicyclic) bond motifs is 1. The molecule has 1 aromatic rings. The number of ether oxygens (including phenoxy) is 1. The van der Waals surface area contributed by atoms with E-state index < -0.39 is 5.97 Å². The SMILES string of the molecule is CC(CC(=O)O)C(N)c1ccc2c(c1)CCCO2. The number of hydrogen-bond acceptors (Lipinski definition) is 3. The zero-order valence-electron chi connectivity index (χ0n) is 10.6. The molecule has 0 bridgehead atoms. The lowest BCUT2D eigenvalue weighted by Crippen LogP contribution is -2.22.